The summed E-state index contributed by atoms with van der Waals surface area (Å²) in [6.07, 6.45) is 5.86. The van der Waals surface area contributed by atoms with Gasteiger partial charge in [-0.3, -0.25) is 14.4 Å². The Morgan fingerprint density at radius 3 is 2.26 bits per heavy atom. The van der Waals surface area contributed by atoms with Crippen molar-refractivity contribution in [2.45, 2.75) is 85.1 Å². The van der Waals surface area contributed by atoms with Crippen molar-refractivity contribution in [2.24, 2.45) is 5.41 Å². The van der Waals surface area contributed by atoms with Gasteiger partial charge in [-0.2, -0.15) is 0 Å². The minimum absolute atomic E-state index is 0.0565. The van der Waals surface area contributed by atoms with Gasteiger partial charge in [0.05, 0.1) is 5.41 Å². The van der Waals surface area contributed by atoms with Crippen LogP contribution in [0.25, 0.3) is 11.1 Å². The third kappa shape index (κ3) is 8.34. The Balaban J connectivity index is 1.42. The number of hydrogen-bond acceptors (Lipinski definition) is 3. The maximum Gasteiger partial charge on any atom is 0.252 e. The molecule has 0 bridgehead atoms. The minimum atomic E-state index is -0.731. The molecule has 2 N–H and O–H groups in total. The van der Waals surface area contributed by atoms with Gasteiger partial charge in [0.15, 0.2) is 0 Å². The highest BCUT2D eigenvalue weighted by molar-refractivity contribution is 6.01. The zero-order valence-corrected chi connectivity index (χ0v) is 28.7. The fraction of sp³-hybridized carbons (Fsp3) is 0.425. The zero-order valence-electron chi connectivity index (χ0n) is 28.7. The van der Waals surface area contributed by atoms with E-state index < -0.39 is 11.5 Å². The van der Waals surface area contributed by atoms with Gasteiger partial charge >= 0.3 is 0 Å². The first kappa shape index (κ1) is 34.7. The van der Waals surface area contributed by atoms with Gasteiger partial charge in [0.1, 0.15) is 6.04 Å². The summed E-state index contributed by atoms with van der Waals surface area (Å²) in [5.74, 6) is -0.339. The van der Waals surface area contributed by atoms with E-state index in [9.17, 15) is 14.4 Å². The number of carbonyl (C=O) groups is 3. The monoisotopic (exact) mass is 621 g/mol. The molecule has 0 saturated heterocycles. The third-order valence-electron chi connectivity index (χ3n) is 9.30. The van der Waals surface area contributed by atoms with Crippen molar-refractivity contribution in [1.29, 1.82) is 0 Å². The van der Waals surface area contributed by atoms with E-state index in [1.807, 2.05) is 62.4 Å². The second-order valence-electron chi connectivity index (χ2n) is 14.1. The van der Waals surface area contributed by atoms with Gasteiger partial charge in [0.25, 0.3) is 5.91 Å². The summed E-state index contributed by atoms with van der Waals surface area (Å²) in [5, 5.41) is 6.23. The highest BCUT2D eigenvalue weighted by Crippen LogP contribution is 2.36. The van der Waals surface area contributed by atoms with Crippen LogP contribution < -0.4 is 10.6 Å². The maximum absolute atomic E-state index is 13.7. The van der Waals surface area contributed by atoms with Crippen LogP contribution in [0.1, 0.15) is 99.8 Å². The van der Waals surface area contributed by atoms with Crippen molar-refractivity contribution in [2.75, 3.05) is 20.1 Å². The molecule has 6 heteroatoms. The second kappa shape index (κ2) is 14.9. The number of likely N-dealkylation sites (N-methyl/N-ethyl adjacent to an activating group) is 1. The fourth-order valence-electron chi connectivity index (χ4n) is 6.01. The molecular weight excluding hydrogens is 570 g/mol. The van der Waals surface area contributed by atoms with Crippen molar-refractivity contribution < 1.29 is 14.4 Å². The van der Waals surface area contributed by atoms with E-state index in [1.54, 1.807) is 11.9 Å². The molecular formula is C40H51N3O3. The lowest BCUT2D eigenvalue weighted by Crippen LogP contribution is -2.47. The smallest absolute Gasteiger partial charge is 0.252 e. The molecule has 1 aliphatic carbocycles. The first-order valence-corrected chi connectivity index (χ1v) is 16.6. The normalized spacial score (nSPS) is 17.1. The summed E-state index contributed by atoms with van der Waals surface area (Å²) in [5.41, 5.74) is 6.24. The van der Waals surface area contributed by atoms with Gasteiger partial charge in [0, 0.05) is 25.7 Å². The standard InChI is InChI=1S/C40H51N3O3/c1-8-9-26-43(7)37(45)35(31-15-11-10-12-16-31)42-38(46)40(6)24-22-29(23-25-40)27-41-36(44)33-17-13-14-28(2)34(33)30-18-20-32(21-19-30)39(3,4)5/h10-22,35H,8-9,23-27H2,1-7H3,(H,41,44)(H,42,46)/t35-,40?/m0/s1. The molecule has 46 heavy (non-hydrogen) atoms. The van der Waals surface area contributed by atoms with Crippen molar-refractivity contribution >= 4 is 17.7 Å². The Labute approximate surface area is 275 Å². The molecule has 3 aromatic carbocycles. The summed E-state index contributed by atoms with van der Waals surface area (Å²) in [6.45, 7) is 13.8. The highest BCUT2D eigenvalue weighted by atomic mass is 16.2. The molecule has 0 saturated carbocycles. The van der Waals surface area contributed by atoms with Crippen LogP contribution in [0.15, 0.2) is 84.4 Å². The number of rotatable bonds is 11. The molecule has 0 radical (unpaired) electrons. The molecule has 2 atom stereocenters. The van der Waals surface area contributed by atoms with Gasteiger partial charge in [-0.15, -0.1) is 0 Å². The molecule has 3 aromatic rings. The largest absolute Gasteiger partial charge is 0.348 e. The van der Waals surface area contributed by atoms with Gasteiger partial charge in [-0.25, -0.2) is 0 Å². The lowest BCUT2D eigenvalue weighted by Gasteiger charge is -2.34. The summed E-state index contributed by atoms with van der Waals surface area (Å²) >= 11 is 0. The second-order valence-corrected chi connectivity index (χ2v) is 14.1. The minimum Gasteiger partial charge on any atom is -0.348 e. The fourth-order valence-corrected chi connectivity index (χ4v) is 6.01. The summed E-state index contributed by atoms with van der Waals surface area (Å²) in [6, 6.07) is 23.1. The SMILES string of the molecule is CCCCN(C)C(=O)[C@@H](NC(=O)C1(C)CC=C(CNC(=O)c2cccc(C)c2-c2ccc(C(C)(C)C)cc2)CC1)c1ccccc1. The molecule has 0 aromatic heterocycles. The average molecular weight is 622 g/mol. The summed E-state index contributed by atoms with van der Waals surface area (Å²) in [7, 11) is 1.80. The Hall–Kier alpha value is -4.19. The third-order valence-corrected chi connectivity index (χ3v) is 9.30. The average Bonchev–Trinajstić information content (AvgIpc) is 3.05. The number of nitrogens with zero attached hydrogens (tertiary/aromatic N) is 1. The molecule has 0 heterocycles. The molecule has 6 nitrogen and oxygen atoms in total. The van der Waals surface area contributed by atoms with Gasteiger partial charge < -0.3 is 15.5 Å². The maximum atomic E-state index is 13.7. The van der Waals surface area contributed by atoms with Crippen LogP contribution in [0.4, 0.5) is 0 Å². The number of aryl methyl sites for hydroxylation is 1. The van der Waals surface area contributed by atoms with E-state index in [-0.39, 0.29) is 23.1 Å². The van der Waals surface area contributed by atoms with Crippen LogP contribution >= 0.6 is 0 Å². The molecule has 0 fully saturated rings. The predicted molar refractivity (Wildman–Crippen MR) is 188 cm³/mol. The Morgan fingerprint density at radius 1 is 0.957 bits per heavy atom. The number of allylic oxidation sites excluding steroid dienone is 1. The van der Waals surface area contributed by atoms with Gasteiger partial charge in [0.2, 0.25) is 11.8 Å². The van der Waals surface area contributed by atoms with Gasteiger partial charge in [-0.05, 0) is 71.9 Å². The number of benzene rings is 3. The first-order chi connectivity index (χ1) is 21.8. The summed E-state index contributed by atoms with van der Waals surface area (Å²) < 4.78 is 0. The highest BCUT2D eigenvalue weighted by Gasteiger charge is 2.37. The number of hydrogen-bond donors (Lipinski definition) is 2. The Kier molecular flexibility index (Phi) is 11.3. The molecule has 1 aliphatic rings. The van der Waals surface area contributed by atoms with E-state index in [1.165, 1.54) is 5.56 Å². The summed E-state index contributed by atoms with van der Waals surface area (Å²) in [4.78, 5) is 42.4. The Bertz CT molecular complexity index is 1550. The van der Waals surface area contributed by atoms with Crippen LogP contribution in [0.3, 0.4) is 0 Å². The lowest BCUT2D eigenvalue weighted by molar-refractivity contribution is -0.139. The molecule has 0 aliphatic heterocycles. The first-order valence-electron chi connectivity index (χ1n) is 16.6. The quantitative estimate of drug-likeness (QED) is 0.214. The van der Waals surface area contributed by atoms with Crippen LogP contribution in [-0.4, -0.2) is 42.8 Å². The molecule has 1 unspecified atom stereocenters. The molecule has 0 spiro atoms. The van der Waals surface area contributed by atoms with E-state index in [0.717, 1.165) is 40.7 Å². The van der Waals surface area contributed by atoms with Gasteiger partial charge in [-0.1, -0.05) is 119 Å². The van der Waals surface area contributed by atoms with Crippen molar-refractivity contribution in [3.05, 3.63) is 107 Å². The van der Waals surface area contributed by atoms with Crippen molar-refractivity contribution in [3.63, 3.8) is 0 Å². The molecule has 4 rings (SSSR count). The Morgan fingerprint density at radius 2 is 1.65 bits per heavy atom. The number of nitrogens with one attached hydrogen (secondary N) is 2. The molecule has 3 amide bonds. The van der Waals surface area contributed by atoms with E-state index in [4.69, 9.17) is 0 Å². The van der Waals surface area contributed by atoms with Crippen molar-refractivity contribution in [1.82, 2.24) is 15.5 Å². The van der Waals surface area contributed by atoms with Crippen LogP contribution in [0.2, 0.25) is 0 Å². The van der Waals surface area contributed by atoms with E-state index >= 15 is 0 Å². The number of unbranched alkanes of at least 4 members (excludes halogenated alkanes) is 1. The number of carbonyl (C=O) groups excluding carboxylic acids is 3. The van der Waals surface area contributed by atoms with Crippen LogP contribution in [0.5, 0.6) is 0 Å². The zero-order chi connectivity index (χ0) is 33.5. The van der Waals surface area contributed by atoms with E-state index in [2.05, 4.69) is 68.7 Å². The van der Waals surface area contributed by atoms with Crippen LogP contribution in [0, 0.1) is 12.3 Å². The lowest BCUT2D eigenvalue weighted by atomic mass is 9.75. The molecule has 244 valence electrons. The van der Waals surface area contributed by atoms with Crippen LogP contribution in [-0.2, 0) is 15.0 Å². The number of amides is 3. The topological polar surface area (TPSA) is 78.5 Å². The van der Waals surface area contributed by atoms with Crippen molar-refractivity contribution in [3.8, 4) is 11.1 Å². The predicted octanol–water partition coefficient (Wildman–Crippen LogP) is 7.92. The van der Waals surface area contributed by atoms with E-state index in [0.29, 0.717) is 37.9 Å².